The molecule has 0 aliphatic carbocycles. The van der Waals surface area contributed by atoms with Crippen molar-refractivity contribution in [3.8, 4) is 5.75 Å². The topological polar surface area (TPSA) is 42.1 Å². The van der Waals surface area contributed by atoms with Crippen LogP contribution in [0.15, 0.2) is 42.6 Å². The zero-order valence-corrected chi connectivity index (χ0v) is 12.5. The summed E-state index contributed by atoms with van der Waals surface area (Å²) >= 11 is 6.01. The fourth-order valence-corrected chi connectivity index (χ4v) is 2.60. The quantitative estimate of drug-likeness (QED) is 0.730. The molecule has 2 aromatic carbocycles. The predicted octanol–water partition coefficient (Wildman–Crippen LogP) is 4.37. The van der Waals surface area contributed by atoms with Crippen LogP contribution in [0.25, 0.3) is 10.9 Å². The minimum atomic E-state index is -0.105. The highest BCUT2D eigenvalue weighted by Gasteiger charge is 2.18. The molecule has 0 unspecified atom stereocenters. The molecule has 0 radical (unpaired) electrons. The summed E-state index contributed by atoms with van der Waals surface area (Å²) in [4.78, 5) is 15.9. The average Bonchev–Trinajstić information content (AvgIpc) is 2.89. The fraction of sp³-hybridized carbons (Fsp3) is 0.118. The van der Waals surface area contributed by atoms with E-state index in [0.29, 0.717) is 21.9 Å². The average molecular weight is 300 g/mol. The molecule has 0 atom stereocenters. The molecule has 1 N–H and O–H groups in total. The Balaban J connectivity index is 2.17. The summed E-state index contributed by atoms with van der Waals surface area (Å²) in [7, 11) is 1.54. The number of halogens is 1. The van der Waals surface area contributed by atoms with Crippen LogP contribution in [0, 0.1) is 6.92 Å². The van der Waals surface area contributed by atoms with Crippen LogP contribution in [0.4, 0.5) is 0 Å². The number of hydrogen-bond donors (Lipinski definition) is 1. The summed E-state index contributed by atoms with van der Waals surface area (Å²) in [5.41, 5.74) is 3.13. The molecular formula is C17H14ClNO2. The van der Waals surface area contributed by atoms with Gasteiger partial charge in [-0.1, -0.05) is 23.2 Å². The van der Waals surface area contributed by atoms with Crippen LogP contribution in [-0.2, 0) is 0 Å². The van der Waals surface area contributed by atoms with Gasteiger partial charge in [-0.3, -0.25) is 4.79 Å². The van der Waals surface area contributed by atoms with Gasteiger partial charge in [-0.05, 0) is 37.3 Å². The Morgan fingerprint density at radius 2 is 1.95 bits per heavy atom. The lowest BCUT2D eigenvalue weighted by Crippen LogP contribution is -2.03. The number of H-pyrrole nitrogens is 1. The van der Waals surface area contributed by atoms with Gasteiger partial charge in [0.2, 0.25) is 0 Å². The van der Waals surface area contributed by atoms with Crippen molar-refractivity contribution in [3.63, 3.8) is 0 Å². The molecule has 0 amide bonds. The molecular weight excluding hydrogens is 286 g/mol. The van der Waals surface area contributed by atoms with Gasteiger partial charge >= 0.3 is 0 Å². The van der Waals surface area contributed by atoms with E-state index in [1.807, 2.05) is 25.1 Å². The van der Waals surface area contributed by atoms with E-state index in [4.69, 9.17) is 16.3 Å². The Morgan fingerprint density at radius 3 is 2.71 bits per heavy atom. The van der Waals surface area contributed by atoms with E-state index in [0.717, 1.165) is 16.5 Å². The minimum Gasteiger partial charge on any atom is -0.496 e. The summed E-state index contributed by atoms with van der Waals surface area (Å²) in [6.07, 6.45) is 1.73. The first-order valence-electron chi connectivity index (χ1n) is 6.56. The van der Waals surface area contributed by atoms with E-state index in [2.05, 4.69) is 4.98 Å². The third-order valence-corrected chi connectivity index (χ3v) is 3.72. The van der Waals surface area contributed by atoms with Gasteiger partial charge in [0.1, 0.15) is 5.75 Å². The Bertz CT molecular complexity index is 836. The lowest BCUT2D eigenvalue weighted by molar-refractivity contribution is 0.103. The molecule has 0 saturated heterocycles. The first kappa shape index (κ1) is 13.7. The Kier molecular flexibility index (Phi) is 3.43. The number of nitrogens with one attached hydrogen (secondary N) is 1. The lowest BCUT2D eigenvalue weighted by atomic mass is 10.0. The number of ether oxygens (including phenoxy) is 1. The minimum absolute atomic E-state index is 0.105. The zero-order valence-electron chi connectivity index (χ0n) is 11.7. The zero-order chi connectivity index (χ0) is 15.0. The largest absolute Gasteiger partial charge is 0.496 e. The van der Waals surface area contributed by atoms with E-state index in [1.54, 1.807) is 31.5 Å². The van der Waals surface area contributed by atoms with Gasteiger partial charge in [-0.25, -0.2) is 0 Å². The number of carbonyl (C=O) groups excluding carboxylic acids is 1. The number of ketones is 1. The summed E-state index contributed by atoms with van der Waals surface area (Å²) < 4.78 is 5.27. The van der Waals surface area contributed by atoms with Gasteiger partial charge in [0.25, 0.3) is 0 Å². The van der Waals surface area contributed by atoms with Crippen LogP contribution < -0.4 is 4.74 Å². The SMILES string of the molecule is COc1ccc(Cl)cc1C(=O)c1c[nH]c2ccc(C)cc12. The van der Waals surface area contributed by atoms with Gasteiger partial charge in [0.05, 0.1) is 12.7 Å². The molecule has 0 fully saturated rings. The fourth-order valence-electron chi connectivity index (χ4n) is 2.43. The molecule has 3 nitrogen and oxygen atoms in total. The number of methoxy groups -OCH3 is 1. The second kappa shape index (κ2) is 5.26. The van der Waals surface area contributed by atoms with Gasteiger partial charge < -0.3 is 9.72 Å². The van der Waals surface area contributed by atoms with Crippen molar-refractivity contribution in [3.05, 3.63) is 64.3 Å². The number of aromatic amines is 1. The van der Waals surface area contributed by atoms with Crippen LogP contribution in [0.5, 0.6) is 5.75 Å². The number of aryl methyl sites for hydroxylation is 1. The third-order valence-electron chi connectivity index (χ3n) is 3.49. The van der Waals surface area contributed by atoms with Crippen molar-refractivity contribution >= 4 is 28.3 Å². The third kappa shape index (κ3) is 2.41. The van der Waals surface area contributed by atoms with Gasteiger partial charge in [0.15, 0.2) is 5.78 Å². The Labute approximate surface area is 127 Å². The van der Waals surface area contributed by atoms with E-state index in [-0.39, 0.29) is 5.78 Å². The van der Waals surface area contributed by atoms with Crippen LogP contribution in [-0.4, -0.2) is 17.9 Å². The van der Waals surface area contributed by atoms with E-state index in [1.165, 1.54) is 0 Å². The van der Waals surface area contributed by atoms with Crippen molar-refractivity contribution in [2.75, 3.05) is 7.11 Å². The van der Waals surface area contributed by atoms with Gasteiger partial charge in [-0.15, -0.1) is 0 Å². The van der Waals surface area contributed by atoms with Gasteiger partial charge in [0, 0.05) is 27.7 Å². The molecule has 0 bridgehead atoms. The van der Waals surface area contributed by atoms with Crippen LogP contribution in [0.1, 0.15) is 21.5 Å². The Hall–Kier alpha value is -2.26. The number of rotatable bonds is 3. The predicted molar refractivity (Wildman–Crippen MR) is 84.5 cm³/mol. The van der Waals surface area contributed by atoms with Crippen LogP contribution in [0.2, 0.25) is 5.02 Å². The lowest BCUT2D eigenvalue weighted by Gasteiger charge is -2.07. The van der Waals surface area contributed by atoms with E-state index in [9.17, 15) is 4.79 Å². The highest BCUT2D eigenvalue weighted by molar-refractivity contribution is 6.31. The molecule has 3 aromatic rings. The van der Waals surface area contributed by atoms with Crippen molar-refractivity contribution in [2.45, 2.75) is 6.92 Å². The summed E-state index contributed by atoms with van der Waals surface area (Å²) in [6.45, 7) is 2.00. The van der Waals surface area contributed by atoms with Crippen molar-refractivity contribution in [2.24, 2.45) is 0 Å². The van der Waals surface area contributed by atoms with Crippen molar-refractivity contribution < 1.29 is 9.53 Å². The standard InChI is InChI=1S/C17H14ClNO2/c1-10-3-5-15-12(7-10)14(9-19-15)17(20)13-8-11(18)4-6-16(13)21-2/h3-9,19H,1-2H3. The number of aromatic nitrogens is 1. The maximum atomic E-state index is 12.8. The number of benzene rings is 2. The number of fused-ring (bicyclic) bond motifs is 1. The maximum absolute atomic E-state index is 12.8. The molecule has 1 heterocycles. The van der Waals surface area contributed by atoms with Crippen molar-refractivity contribution in [1.29, 1.82) is 0 Å². The summed E-state index contributed by atoms with van der Waals surface area (Å²) in [5, 5.41) is 1.41. The highest BCUT2D eigenvalue weighted by Crippen LogP contribution is 2.28. The second-order valence-electron chi connectivity index (χ2n) is 4.93. The second-order valence-corrected chi connectivity index (χ2v) is 5.36. The molecule has 1 aromatic heterocycles. The first-order chi connectivity index (χ1) is 10.1. The molecule has 0 aliphatic rings. The maximum Gasteiger partial charge on any atom is 0.198 e. The Morgan fingerprint density at radius 1 is 1.14 bits per heavy atom. The van der Waals surface area contributed by atoms with E-state index >= 15 is 0 Å². The molecule has 0 saturated carbocycles. The van der Waals surface area contributed by atoms with Crippen LogP contribution in [0.3, 0.4) is 0 Å². The van der Waals surface area contributed by atoms with Crippen LogP contribution >= 0.6 is 11.6 Å². The van der Waals surface area contributed by atoms with E-state index < -0.39 is 0 Å². The molecule has 21 heavy (non-hydrogen) atoms. The highest BCUT2D eigenvalue weighted by atomic mass is 35.5. The molecule has 106 valence electrons. The molecule has 3 rings (SSSR count). The van der Waals surface area contributed by atoms with Gasteiger partial charge in [-0.2, -0.15) is 0 Å². The molecule has 4 heteroatoms. The summed E-state index contributed by atoms with van der Waals surface area (Å²) in [6, 6.07) is 11.0. The number of carbonyl (C=O) groups is 1. The first-order valence-corrected chi connectivity index (χ1v) is 6.94. The monoisotopic (exact) mass is 299 g/mol. The molecule has 0 spiro atoms. The van der Waals surface area contributed by atoms with Crippen molar-refractivity contribution in [1.82, 2.24) is 4.98 Å². The summed E-state index contributed by atoms with van der Waals surface area (Å²) in [5.74, 6) is 0.414. The number of hydrogen-bond acceptors (Lipinski definition) is 2. The normalized spacial score (nSPS) is 10.8. The smallest absolute Gasteiger partial charge is 0.198 e. The molecule has 0 aliphatic heterocycles.